The van der Waals surface area contributed by atoms with E-state index in [9.17, 15) is 0 Å². The number of aromatic nitrogens is 3. The molecule has 1 N–H and O–H groups in total. The second kappa shape index (κ2) is 10.4. The van der Waals surface area contributed by atoms with E-state index in [-0.39, 0.29) is 11.6 Å². The Labute approximate surface area is 283 Å². The molecule has 1 aliphatic heterocycles. The normalized spacial score (nSPS) is 15.4. The van der Waals surface area contributed by atoms with Gasteiger partial charge >= 0.3 is 0 Å². The standard InChI is InChI=1S/C43H30N4O2/c1-43(2)33-24-27(20-21-28(33)30-22-23-34-38(36(30)43)49-42(44-34)26-14-7-4-8-15-26)40-45-39(25-12-5-3-6-13-25)46-41(47-40)32-18-11-17-31-29-16-9-10-19-35(29)48-37(31)32/h3-24,42,44H,1-2H3. The molecule has 2 aliphatic rings. The summed E-state index contributed by atoms with van der Waals surface area (Å²) in [6, 6.07) is 45.6. The van der Waals surface area contributed by atoms with E-state index >= 15 is 0 Å². The van der Waals surface area contributed by atoms with E-state index in [2.05, 4.69) is 73.8 Å². The summed E-state index contributed by atoms with van der Waals surface area (Å²) in [5, 5.41) is 5.69. The van der Waals surface area contributed by atoms with Gasteiger partial charge in [-0.25, -0.2) is 15.0 Å². The molecular weight excluding hydrogens is 604 g/mol. The third-order valence-corrected chi connectivity index (χ3v) is 9.96. The van der Waals surface area contributed by atoms with Gasteiger partial charge in [0.15, 0.2) is 29.5 Å². The second-order valence-electron chi connectivity index (χ2n) is 13.3. The second-order valence-corrected chi connectivity index (χ2v) is 13.3. The number of benzene rings is 6. The number of nitrogens with one attached hydrogen (secondary N) is 1. The van der Waals surface area contributed by atoms with Crippen LogP contribution in [0, 0.1) is 0 Å². The number of fused-ring (bicyclic) bond motifs is 8. The molecule has 6 heteroatoms. The number of hydrogen-bond acceptors (Lipinski definition) is 6. The Morgan fingerprint density at radius 2 is 1.29 bits per heavy atom. The lowest BCUT2D eigenvalue weighted by molar-refractivity contribution is 0.255. The maximum Gasteiger partial charge on any atom is 0.196 e. The van der Waals surface area contributed by atoms with Crippen LogP contribution in [0.25, 0.3) is 67.2 Å². The van der Waals surface area contributed by atoms with Gasteiger partial charge in [0.2, 0.25) is 0 Å². The van der Waals surface area contributed by atoms with Crippen LogP contribution in [0.15, 0.2) is 138 Å². The summed E-state index contributed by atoms with van der Waals surface area (Å²) in [7, 11) is 0. The van der Waals surface area contributed by atoms with E-state index in [0.29, 0.717) is 17.5 Å². The molecule has 0 saturated carbocycles. The minimum atomic E-state index is -0.322. The first-order chi connectivity index (χ1) is 24.0. The number of furan rings is 1. The molecule has 1 atom stereocenters. The fraction of sp³-hybridized carbons (Fsp3) is 0.0930. The van der Waals surface area contributed by atoms with Crippen LogP contribution in [0.1, 0.15) is 36.8 Å². The van der Waals surface area contributed by atoms with Gasteiger partial charge in [0.25, 0.3) is 0 Å². The van der Waals surface area contributed by atoms with Crippen molar-refractivity contribution in [2.75, 3.05) is 5.32 Å². The summed E-state index contributed by atoms with van der Waals surface area (Å²) in [6.07, 6.45) is -0.228. The first kappa shape index (κ1) is 27.8. The van der Waals surface area contributed by atoms with E-state index in [1.54, 1.807) is 0 Å². The van der Waals surface area contributed by atoms with Crippen LogP contribution in [-0.2, 0) is 5.41 Å². The monoisotopic (exact) mass is 634 g/mol. The molecule has 3 heterocycles. The lowest BCUT2D eigenvalue weighted by atomic mass is 9.81. The fourth-order valence-electron chi connectivity index (χ4n) is 7.57. The number of ether oxygens (including phenoxy) is 1. The number of rotatable bonds is 4. The molecule has 10 rings (SSSR count). The number of para-hydroxylation sites is 2. The first-order valence-corrected chi connectivity index (χ1v) is 16.6. The van der Waals surface area contributed by atoms with Crippen LogP contribution in [0.4, 0.5) is 5.69 Å². The molecule has 8 aromatic rings. The molecule has 0 radical (unpaired) electrons. The first-order valence-electron chi connectivity index (χ1n) is 16.6. The Kier molecular flexibility index (Phi) is 5.88. The van der Waals surface area contributed by atoms with Gasteiger partial charge in [-0.15, -0.1) is 0 Å². The lowest BCUT2D eigenvalue weighted by Crippen LogP contribution is -2.16. The van der Waals surface area contributed by atoms with Crippen molar-refractivity contribution >= 4 is 27.6 Å². The van der Waals surface area contributed by atoms with Gasteiger partial charge in [-0.05, 0) is 41.0 Å². The quantitative estimate of drug-likeness (QED) is 0.208. The smallest absolute Gasteiger partial charge is 0.196 e. The van der Waals surface area contributed by atoms with Crippen molar-refractivity contribution in [3.05, 3.63) is 150 Å². The minimum Gasteiger partial charge on any atom is -0.464 e. The Bertz CT molecular complexity index is 2590. The van der Waals surface area contributed by atoms with Gasteiger partial charge in [-0.2, -0.15) is 0 Å². The van der Waals surface area contributed by atoms with Crippen molar-refractivity contribution < 1.29 is 9.15 Å². The van der Waals surface area contributed by atoms with E-state index < -0.39 is 0 Å². The van der Waals surface area contributed by atoms with Crippen LogP contribution in [-0.4, -0.2) is 15.0 Å². The molecule has 49 heavy (non-hydrogen) atoms. The fourth-order valence-corrected chi connectivity index (χ4v) is 7.57. The van der Waals surface area contributed by atoms with Crippen molar-refractivity contribution in [3.8, 4) is 51.0 Å². The summed E-state index contributed by atoms with van der Waals surface area (Å²) < 4.78 is 13.1. The third-order valence-electron chi connectivity index (χ3n) is 9.96. The zero-order valence-corrected chi connectivity index (χ0v) is 26.9. The average molecular weight is 635 g/mol. The van der Waals surface area contributed by atoms with Gasteiger partial charge < -0.3 is 14.5 Å². The third kappa shape index (κ3) is 4.23. The molecule has 0 bridgehead atoms. The van der Waals surface area contributed by atoms with Crippen LogP contribution >= 0.6 is 0 Å². The molecular formula is C43H30N4O2. The highest BCUT2D eigenvalue weighted by molar-refractivity contribution is 6.09. The van der Waals surface area contributed by atoms with Gasteiger partial charge in [-0.3, -0.25) is 0 Å². The highest BCUT2D eigenvalue weighted by Crippen LogP contribution is 2.57. The number of anilines is 1. The Morgan fingerprint density at radius 3 is 2.12 bits per heavy atom. The summed E-state index contributed by atoms with van der Waals surface area (Å²) in [6.45, 7) is 4.55. The van der Waals surface area contributed by atoms with Crippen molar-refractivity contribution in [3.63, 3.8) is 0 Å². The van der Waals surface area contributed by atoms with Gasteiger partial charge in [0, 0.05) is 38.4 Å². The topological polar surface area (TPSA) is 73.1 Å². The molecule has 234 valence electrons. The Hall–Kier alpha value is -6.27. The zero-order valence-electron chi connectivity index (χ0n) is 26.9. The van der Waals surface area contributed by atoms with Crippen molar-refractivity contribution in [2.45, 2.75) is 25.5 Å². The number of hydrogen-bond donors (Lipinski definition) is 1. The summed E-state index contributed by atoms with van der Waals surface area (Å²) in [5.74, 6) is 2.71. The Morgan fingerprint density at radius 1 is 0.592 bits per heavy atom. The van der Waals surface area contributed by atoms with E-state index in [0.717, 1.165) is 55.6 Å². The van der Waals surface area contributed by atoms with Gasteiger partial charge in [0.1, 0.15) is 11.2 Å². The highest BCUT2D eigenvalue weighted by Gasteiger charge is 2.42. The predicted octanol–water partition coefficient (Wildman–Crippen LogP) is 10.6. The molecule has 6 aromatic carbocycles. The highest BCUT2D eigenvalue weighted by atomic mass is 16.5. The Balaban J connectivity index is 1.11. The summed E-state index contributed by atoms with van der Waals surface area (Å²) in [5.41, 5.74) is 10.9. The van der Waals surface area contributed by atoms with Crippen LogP contribution < -0.4 is 10.1 Å². The minimum absolute atomic E-state index is 0.228. The lowest BCUT2D eigenvalue weighted by Gasteiger charge is -2.23. The average Bonchev–Trinajstić information content (AvgIpc) is 3.82. The largest absolute Gasteiger partial charge is 0.464 e. The van der Waals surface area contributed by atoms with Gasteiger partial charge in [-0.1, -0.05) is 123 Å². The van der Waals surface area contributed by atoms with Crippen molar-refractivity contribution in [1.29, 1.82) is 0 Å². The van der Waals surface area contributed by atoms with E-state index in [1.165, 1.54) is 22.3 Å². The van der Waals surface area contributed by atoms with Gasteiger partial charge in [0.05, 0.1) is 11.3 Å². The molecule has 1 unspecified atom stereocenters. The molecule has 0 fully saturated rings. The predicted molar refractivity (Wildman–Crippen MR) is 194 cm³/mol. The van der Waals surface area contributed by atoms with Crippen LogP contribution in [0.5, 0.6) is 5.75 Å². The zero-order chi connectivity index (χ0) is 32.7. The SMILES string of the molecule is CC1(C)c2cc(-c3nc(-c4ccccc4)nc(-c4cccc5c4oc4ccccc45)n3)ccc2-c2ccc3c(c21)OC(c1ccccc1)N3. The van der Waals surface area contributed by atoms with Crippen molar-refractivity contribution in [1.82, 2.24) is 15.0 Å². The van der Waals surface area contributed by atoms with E-state index in [1.807, 2.05) is 78.9 Å². The maximum atomic E-state index is 6.65. The molecule has 6 nitrogen and oxygen atoms in total. The van der Waals surface area contributed by atoms with E-state index in [4.69, 9.17) is 24.1 Å². The molecule has 0 spiro atoms. The molecule has 0 amide bonds. The molecule has 2 aromatic heterocycles. The maximum absolute atomic E-state index is 6.65. The van der Waals surface area contributed by atoms with Crippen LogP contribution in [0.2, 0.25) is 0 Å². The number of nitrogens with zero attached hydrogens (tertiary/aromatic N) is 3. The summed E-state index contributed by atoms with van der Waals surface area (Å²) >= 11 is 0. The molecule has 1 aliphatic carbocycles. The van der Waals surface area contributed by atoms with Crippen molar-refractivity contribution in [2.24, 2.45) is 0 Å². The molecule has 0 saturated heterocycles. The summed E-state index contributed by atoms with van der Waals surface area (Å²) in [4.78, 5) is 15.2. The van der Waals surface area contributed by atoms with Crippen LogP contribution in [0.3, 0.4) is 0 Å².